The fraction of sp³-hybridized carbons (Fsp3) is 0.227. The maximum Gasteiger partial charge on any atom is 0.174 e. The number of hydrogen-bond acceptors (Lipinski definition) is 5. The van der Waals surface area contributed by atoms with E-state index in [0.29, 0.717) is 5.75 Å². The quantitative estimate of drug-likeness (QED) is 0.236. The third kappa shape index (κ3) is 3.88. The Morgan fingerprint density at radius 2 is 1.96 bits per heavy atom. The predicted octanol–water partition coefficient (Wildman–Crippen LogP) is 5.33. The van der Waals surface area contributed by atoms with Crippen molar-refractivity contribution in [2.75, 3.05) is 5.75 Å². The van der Waals surface area contributed by atoms with Crippen LogP contribution in [0.15, 0.2) is 59.2 Å². The molecular weight excluding hydrogens is 386 g/mol. The maximum absolute atomic E-state index is 12.9. The van der Waals surface area contributed by atoms with Crippen LogP contribution < -0.4 is 0 Å². The minimum absolute atomic E-state index is 0.144. The number of benzene rings is 1. The number of aromatic nitrogens is 3. The van der Waals surface area contributed by atoms with Gasteiger partial charge in [0.1, 0.15) is 16.2 Å². The third-order valence-corrected chi connectivity index (χ3v) is 6.73. The SMILES string of the molecule is Cc1cc(C(=O)CSc2ncnc3sccc23)c(C)n1CCc1ccccc1. The number of carbonyl (C=O) groups excluding carboxylic acids is 1. The highest BCUT2D eigenvalue weighted by Crippen LogP contribution is 2.28. The lowest BCUT2D eigenvalue weighted by molar-refractivity contribution is 0.102. The molecule has 0 saturated carbocycles. The molecule has 4 nitrogen and oxygen atoms in total. The van der Waals surface area contributed by atoms with Crippen molar-refractivity contribution < 1.29 is 4.79 Å². The Morgan fingerprint density at radius 1 is 1.14 bits per heavy atom. The van der Waals surface area contributed by atoms with E-state index in [4.69, 9.17) is 0 Å². The van der Waals surface area contributed by atoms with E-state index in [1.807, 2.05) is 30.5 Å². The van der Waals surface area contributed by atoms with E-state index in [9.17, 15) is 4.79 Å². The van der Waals surface area contributed by atoms with Gasteiger partial charge in [0, 0.05) is 28.9 Å². The summed E-state index contributed by atoms with van der Waals surface area (Å²) in [6, 6.07) is 14.5. The summed E-state index contributed by atoms with van der Waals surface area (Å²) in [4.78, 5) is 22.5. The minimum atomic E-state index is 0.144. The van der Waals surface area contributed by atoms with Gasteiger partial charge in [0.2, 0.25) is 0 Å². The molecule has 0 aliphatic carbocycles. The summed E-state index contributed by atoms with van der Waals surface area (Å²) in [7, 11) is 0. The molecule has 0 spiro atoms. The van der Waals surface area contributed by atoms with Crippen molar-refractivity contribution in [3.8, 4) is 0 Å². The van der Waals surface area contributed by atoms with Crippen molar-refractivity contribution in [2.45, 2.75) is 31.8 Å². The second-order valence-corrected chi connectivity index (χ2v) is 8.56. The number of thioether (sulfide) groups is 1. The van der Waals surface area contributed by atoms with Gasteiger partial charge in [-0.25, -0.2) is 9.97 Å². The first-order valence-electron chi connectivity index (χ1n) is 9.18. The average Bonchev–Trinajstić information content (AvgIpc) is 3.30. The summed E-state index contributed by atoms with van der Waals surface area (Å²) in [5, 5.41) is 3.90. The topological polar surface area (TPSA) is 47.8 Å². The molecule has 142 valence electrons. The summed E-state index contributed by atoms with van der Waals surface area (Å²) >= 11 is 3.08. The normalized spacial score (nSPS) is 11.2. The van der Waals surface area contributed by atoms with Gasteiger partial charge in [-0.2, -0.15) is 0 Å². The molecule has 1 aromatic carbocycles. The molecule has 6 heteroatoms. The lowest BCUT2D eigenvalue weighted by Crippen LogP contribution is -2.08. The minimum Gasteiger partial charge on any atom is -0.348 e. The van der Waals surface area contributed by atoms with Crippen LogP contribution >= 0.6 is 23.1 Å². The average molecular weight is 408 g/mol. The second-order valence-electron chi connectivity index (χ2n) is 6.70. The highest BCUT2D eigenvalue weighted by atomic mass is 32.2. The molecule has 0 saturated heterocycles. The number of hydrogen-bond donors (Lipinski definition) is 0. The molecule has 0 bridgehead atoms. The van der Waals surface area contributed by atoms with E-state index >= 15 is 0 Å². The van der Waals surface area contributed by atoms with Gasteiger partial charge in [0.05, 0.1) is 5.75 Å². The molecule has 4 rings (SSSR count). The predicted molar refractivity (Wildman–Crippen MR) is 117 cm³/mol. The summed E-state index contributed by atoms with van der Waals surface area (Å²) < 4.78 is 2.24. The van der Waals surface area contributed by atoms with Crippen molar-refractivity contribution in [3.05, 3.63) is 76.7 Å². The van der Waals surface area contributed by atoms with E-state index in [2.05, 4.69) is 45.7 Å². The van der Waals surface area contributed by atoms with Crippen LogP contribution in [0.5, 0.6) is 0 Å². The second kappa shape index (κ2) is 8.29. The molecule has 0 N–H and O–H groups in total. The monoisotopic (exact) mass is 407 g/mol. The number of rotatable bonds is 7. The van der Waals surface area contributed by atoms with Crippen LogP contribution in [0.1, 0.15) is 27.3 Å². The van der Waals surface area contributed by atoms with Gasteiger partial charge in [-0.3, -0.25) is 4.79 Å². The van der Waals surface area contributed by atoms with E-state index in [0.717, 1.165) is 45.2 Å². The van der Waals surface area contributed by atoms with Gasteiger partial charge in [-0.1, -0.05) is 42.1 Å². The molecular formula is C22H21N3OS2. The van der Waals surface area contributed by atoms with Crippen LogP contribution in [0.3, 0.4) is 0 Å². The van der Waals surface area contributed by atoms with Gasteiger partial charge >= 0.3 is 0 Å². The molecule has 0 aliphatic rings. The Labute approximate surface area is 172 Å². The van der Waals surface area contributed by atoms with Crippen LogP contribution in [-0.4, -0.2) is 26.1 Å². The Bertz CT molecular complexity index is 1120. The first-order chi connectivity index (χ1) is 13.6. The fourth-order valence-electron chi connectivity index (χ4n) is 3.41. The molecule has 0 aliphatic heterocycles. The molecule has 3 aromatic heterocycles. The van der Waals surface area contributed by atoms with E-state index in [1.54, 1.807) is 17.7 Å². The zero-order valence-electron chi connectivity index (χ0n) is 15.9. The van der Waals surface area contributed by atoms with Crippen molar-refractivity contribution in [2.24, 2.45) is 0 Å². The molecule has 3 heterocycles. The number of fused-ring (bicyclic) bond motifs is 1. The van der Waals surface area contributed by atoms with Gasteiger partial charge < -0.3 is 4.57 Å². The standard InChI is InChI=1S/C22H21N3OS2/c1-15-12-19(16(2)25(15)10-8-17-6-4-3-5-7-17)20(26)13-28-22-18-9-11-27-21(18)23-14-24-22/h3-7,9,11-12,14H,8,10,13H2,1-2H3. The van der Waals surface area contributed by atoms with Crippen molar-refractivity contribution in [1.29, 1.82) is 0 Å². The molecule has 0 amide bonds. The van der Waals surface area contributed by atoms with Crippen LogP contribution in [0.25, 0.3) is 10.2 Å². The summed E-state index contributed by atoms with van der Waals surface area (Å²) in [5.41, 5.74) is 4.29. The smallest absolute Gasteiger partial charge is 0.174 e. The van der Waals surface area contributed by atoms with Gasteiger partial charge in [-0.15, -0.1) is 11.3 Å². The van der Waals surface area contributed by atoms with Crippen LogP contribution in [-0.2, 0) is 13.0 Å². The number of carbonyl (C=O) groups is 1. The lowest BCUT2D eigenvalue weighted by atomic mass is 10.1. The zero-order chi connectivity index (χ0) is 19.5. The first-order valence-corrected chi connectivity index (χ1v) is 11.0. The molecule has 0 unspecified atom stereocenters. The zero-order valence-corrected chi connectivity index (χ0v) is 17.5. The fourth-order valence-corrected chi connectivity index (χ4v) is 5.07. The number of aryl methyl sites for hydroxylation is 2. The van der Waals surface area contributed by atoms with Crippen LogP contribution in [0.2, 0.25) is 0 Å². The van der Waals surface area contributed by atoms with Gasteiger partial charge in [0.25, 0.3) is 0 Å². The molecule has 4 aromatic rings. The van der Waals surface area contributed by atoms with Crippen molar-refractivity contribution in [3.63, 3.8) is 0 Å². The van der Waals surface area contributed by atoms with E-state index in [1.165, 1.54) is 17.3 Å². The molecule has 0 radical (unpaired) electrons. The number of nitrogens with zero attached hydrogens (tertiary/aromatic N) is 3. The van der Waals surface area contributed by atoms with Crippen molar-refractivity contribution in [1.82, 2.24) is 14.5 Å². The largest absolute Gasteiger partial charge is 0.348 e. The Morgan fingerprint density at radius 3 is 2.79 bits per heavy atom. The summed E-state index contributed by atoms with van der Waals surface area (Å²) in [5.74, 6) is 0.524. The Balaban J connectivity index is 1.46. The first kappa shape index (κ1) is 18.9. The van der Waals surface area contributed by atoms with Crippen LogP contribution in [0, 0.1) is 13.8 Å². The summed E-state index contributed by atoms with van der Waals surface area (Å²) in [6.45, 7) is 4.99. The Kier molecular flexibility index (Phi) is 5.59. The number of thiophene rings is 1. The Hall–Kier alpha value is -2.44. The highest BCUT2D eigenvalue weighted by Gasteiger charge is 2.17. The lowest BCUT2D eigenvalue weighted by Gasteiger charge is -2.10. The number of ketones is 1. The van der Waals surface area contributed by atoms with Gasteiger partial charge in [-0.05, 0) is 43.3 Å². The molecule has 28 heavy (non-hydrogen) atoms. The third-order valence-electron chi connectivity index (χ3n) is 4.91. The van der Waals surface area contributed by atoms with Crippen LogP contribution in [0.4, 0.5) is 0 Å². The molecule has 0 fully saturated rings. The van der Waals surface area contributed by atoms with Crippen molar-refractivity contribution >= 4 is 39.1 Å². The van der Waals surface area contributed by atoms with Gasteiger partial charge in [0.15, 0.2) is 5.78 Å². The van der Waals surface area contributed by atoms with E-state index in [-0.39, 0.29) is 5.78 Å². The highest BCUT2D eigenvalue weighted by molar-refractivity contribution is 8.00. The molecule has 0 atom stereocenters. The maximum atomic E-state index is 12.9. The summed E-state index contributed by atoms with van der Waals surface area (Å²) in [6.07, 6.45) is 2.53. The number of Topliss-reactive ketones (excluding diaryl/α,β-unsaturated/α-hetero) is 1. The van der Waals surface area contributed by atoms with E-state index < -0.39 is 0 Å².